The highest BCUT2D eigenvalue weighted by Gasteiger charge is 2.13. The minimum absolute atomic E-state index is 0.171. The molecule has 0 bridgehead atoms. The third kappa shape index (κ3) is 1.99. The van der Waals surface area contributed by atoms with Crippen LogP contribution in [0.15, 0.2) is 42.9 Å². The number of hydrogen-bond acceptors (Lipinski definition) is 1. The molecule has 19 heavy (non-hydrogen) atoms. The first-order valence-electron chi connectivity index (χ1n) is 5.70. The standard InChI is InChI=1S/C13H10F3N3/c14-10-2-1-3-11-9(10)4-6-18(11)8-12-17-5-7-19(12)13(15)16/h1-7,13H,8H2. The number of hydrogen-bond donors (Lipinski definition) is 0. The van der Waals surface area contributed by atoms with Gasteiger partial charge in [0.05, 0.1) is 12.1 Å². The van der Waals surface area contributed by atoms with Gasteiger partial charge in [0.15, 0.2) is 0 Å². The normalized spacial score (nSPS) is 11.6. The Kier molecular flexibility index (Phi) is 2.77. The molecule has 0 spiro atoms. The summed E-state index contributed by atoms with van der Waals surface area (Å²) in [6, 6.07) is 6.33. The summed E-state index contributed by atoms with van der Waals surface area (Å²) in [5.74, 6) is -0.0924. The van der Waals surface area contributed by atoms with Gasteiger partial charge in [-0.3, -0.25) is 4.57 Å². The van der Waals surface area contributed by atoms with E-state index in [1.165, 1.54) is 18.5 Å². The summed E-state index contributed by atoms with van der Waals surface area (Å²) >= 11 is 0. The largest absolute Gasteiger partial charge is 0.340 e. The Morgan fingerprint density at radius 2 is 2.00 bits per heavy atom. The van der Waals surface area contributed by atoms with Crippen LogP contribution >= 0.6 is 0 Å². The van der Waals surface area contributed by atoms with Crippen molar-refractivity contribution in [1.82, 2.24) is 14.1 Å². The molecule has 0 aliphatic rings. The van der Waals surface area contributed by atoms with Crippen molar-refractivity contribution >= 4 is 10.9 Å². The molecule has 0 fully saturated rings. The van der Waals surface area contributed by atoms with Gasteiger partial charge in [0, 0.05) is 24.0 Å². The molecule has 3 aromatic rings. The number of rotatable bonds is 3. The summed E-state index contributed by atoms with van der Waals surface area (Å²) < 4.78 is 41.5. The van der Waals surface area contributed by atoms with Crippen LogP contribution in [0.3, 0.4) is 0 Å². The van der Waals surface area contributed by atoms with Crippen molar-refractivity contribution in [1.29, 1.82) is 0 Å². The predicted octanol–water partition coefficient (Wildman–Crippen LogP) is 3.42. The lowest BCUT2D eigenvalue weighted by Crippen LogP contribution is -2.08. The monoisotopic (exact) mass is 265 g/mol. The molecular weight excluding hydrogens is 255 g/mol. The van der Waals surface area contributed by atoms with Crippen molar-refractivity contribution in [2.45, 2.75) is 13.1 Å². The second-order valence-electron chi connectivity index (χ2n) is 4.14. The second kappa shape index (κ2) is 4.46. The van der Waals surface area contributed by atoms with Gasteiger partial charge in [-0.2, -0.15) is 8.78 Å². The summed E-state index contributed by atoms with van der Waals surface area (Å²) in [5.41, 5.74) is 0.656. The van der Waals surface area contributed by atoms with Gasteiger partial charge >= 0.3 is 6.55 Å². The van der Waals surface area contributed by atoms with Crippen molar-refractivity contribution in [2.75, 3.05) is 0 Å². The van der Waals surface area contributed by atoms with Crippen LogP contribution in [0.25, 0.3) is 10.9 Å². The van der Waals surface area contributed by atoms with Crippen LogP contribution in [-0.4, -0.2) is 14.1 Å². The van der Waals surface area contributed by atoms with E-state index in [0.29, 0.717) is 10.9 Å². The van der Waals surface area contributed by atoms with E-state index < -0.39 is 6.55 Å². The maximum absolute atomic E-state index is 13.5. The molecule has 0 saturated heterocycles. The summed E-state index contributed by atoms with van der Waals surface area (Å²) in [6.45, 7) is -2.46. The van der Waals surface area contributed by atoms with E-state index in [1.54, 1.807) is 29.0 Å². The van der Waals surface area contributed by atoms with E-state index in [1.807, 2.05) is 0 Å². The molecule has 0 saturated carbocycles. The molecule has 2 aromatic heterocycles. The molecule has 2 heterocycles. The zero-order chi connectivity index (χ0) is 13.4. The van der Waals surface area contributed by atoms with Crippen molar-refractivity contribution < 1.29 is 13.2 Å². The average molecular weight is 265 g/mol. The fourth-order valence-corrected chi connectivity index (χ4v) is 2.12. The molecular formula is C13H10F3N3. The first-order chi connectivity index (χ1) is 9.16. The molecule has 3 rings (SSSR count). The Balaban J connectivity index is 2.02. The molecule has 0 N–H and O–H groups in total. The number of halogens is 3. The fraction of sp³-hybridized carbons (Fsp3) is 0.154. The topological polar surface area (TPSA) is 22.8 Å². The minimum atomic E-state index is -2.63. The van der Waals surface area contributed by atoms with Crippen molar-refractivity contribution in [3.63, 3.8) is 0 Å². The average Bonchev–Trinajstić information content (AvgIpc) is 2.98. The Morgan fingerprint density at radius 1 is 1.16 bits per heavy atom. The molecule has 3 nitrogen and oxygen atoms in total. The lowest BCUT2D eigenvalue weighted by molar-refractivity contribution is 0.0667. The van der Waals surface area contributed by atoms with E-state index in [9.17, 15) is 13.2 Å². The smallest absolute Gasteiger partial charge is 0.319 e. The highest BCUT2D eigenvalue weighted by molar-refractivity contribution is 5.80. The third-order valence-electron chi connectivity index (χ3n) is 3.03. The minimum Gasteiger partial charge on any atom is -0.340 e. The lowest BCUT2D eigenvalue weighted by atomic mass is 10.2. The van der Waals surface area contributed by atoms with Gasteiger partial charge in [-0.1, -0.05) is 6.07 Å². The molecule has 0 unspecified atom stereocenters. The van der Waals surface area contributed by atoms with Gasteiger partial charge in [-0.15, -0.1) is 0 Å². The number of benzene rings is 1. The summed E-state index contributed by atoms with van der Waals surface area (Å²) in [5, 5.41) is 0.470. The van der Waals surface area contributed by atoms with Crippen molar-refractivity contribution in [3.8, 4) is 0 Å². The third-order valence-corrected chi connectivity index (χ3v) is 3.03. The molecule has 6 heteroatoms. The van der Waals surface area contributed by atoms with Crippen LogP contribution in [0.1, 0.15) is 12.4 Å². The molecule has 0 amide bonds. The zero-order valence-electron chi connectivity index (χ0n) is 9.80. The molecule has 0 aliphatic heterocycles. The Labute approximate surface area is 106 Å². The highest BCUT2D eigenvalue weighted by atomic mass is 19.3. The Hall–Kier alpha value is -2.24. The summed E-state index contributed by atoms with van der Waals surface area (Å²) in [7, 11) is 0. The Morgan fingerprint density at radius 3 is 2.79 bits per heavy atom. The first-order valence-corrected chi connectivity index (χ1v) is 5.70. The van der Waals surface area contributed by atoms with Crippen LogP contribution in [0.2, 0.25) is 0 Å². The molecule has 1 aromatic carbocycles. The van der Waals surface area contributed by atoms with Crippen LogP contribution < -0.4 is 0 Å². The highest BCUT2D eigenvalue weighted by Crippen LogP contribution is 2.21. The van der Waals surface area contributed by atoms with E-state index >= 15 is 0 Å². The van der Waals surface area contributed by atoms with Crippen molar-refractivity contribution in [2.24, 2.45) is 0 Å². The Bertz CT molecular complexity index is 715. The quantitative estimate of drug-likeness (QED) is 0.711. The van der Waals surface area contributed by atoms with Crippen LogP contribution in [0, 0.1) is 5.82 Å². The van der Waals surface area contributed by atoms with Gasteiger partial charge < -0.3 is 4.57 Å². The van der Waals surface area contributed by atoms with Gasteiger partial charge in [0.25, 0.3) is 0 Å². The maximum atomic E-state index is 13.5. The molecule has 98 valence electrons. The molecule has 0 radical (unpaired) electrons. The van der Waals surface area contributed by atoms with Crippen LogP contribution in [0.5, 0.6) is 0 Å². The van der Waals surface area contributed by atoms with Crippen LogP contribution in [-0.2, 0) is 6.54 Å². The predicted molar refractivity (Wildman–Crippen MR) is 64.5 cm³/mol. The van der Waals surface area contributed by atoms with Gasteiger partial charge in [0.2, 0.25) is 0 Å². The molecule has 0 atom stereocenters. The summed E-state index contributed by atoms with van der Waals surface area (Å²) in [4.78, 5) is 3.91. The zero-order valence-corrected chi connectivity index (χ0v) is 9.80. The van der Waals surface area contributed by atoms with Crippen molar-refractivity contribution in [3.05, 3.63) is 54.5 Å². The van der Waals surface area contributed by atoms with E-state index in [2.05, 4.69) is 4.98 Å². The van der Waals surface area contributed by atoms with E-state index in [-0.39, 0.29) is 18.2 Å². The number of alkyl halides is 2. The van der Waals surface area contributed by atoms with Gasteiger partial charge in [-0.05, 0) is 18.2 Å². The second-order valence-corrected chi connectivity index (χ2v) is 4.14. The summed E-state index contributed by atoms with van der Waals surface area (Å²) in [6.07, 6.45) is 4.22. The maximum Gasteiger partial charge on any atom is 0.319 e. The fourth-order valence-electron chi connectivity index (χ4n) is 2.12. The van der Waals surface area contributed by atoms with Gasteiger partial charge in [-0.25, -0.2) is 9.37 Å². The number of nitrogens with zero attached hydrogens (tertiary/aromatic N) is 3. The van der Waals surface area contributed by atoms with E-state index in [0.717, 1.165) is 4.57 Å². The number of aromatic nitrogens is 3. The first kappa shape index (κ1) is 11.8. The van der Waals surface area contributed by atoms with Crippen LogP contribution in [0.4, 0.5) is 13.2 Å². The molecule has 0 aliphatic carbocycles. The van der Waals surface area contributed by atoms with E-state index in [4.69, 9.17) is 0 Å². The lowest BCUT2D eigenvalue weighted by Gasteiger charge is -2.08. The van der Waals surface area contributed by atoms with Gasteiger partial charge in [0.1, 0.15) is 11.6 Å². The SMILES string of the molecule is Fc1cccc2c1ccn2Cc1nccn1C(F)F. The number of imidazole rings is 1. The number of fused-ring (bicyclic) bond motifs is 1.